The zero-order valence-corrected chi connectivity index (χ0v) is 19.7. The van der Waals surface area contributed by atoms with Crippen LogP contribution in [0.1, 0.15) is 62.5 Å². The van der Waals surface area contributed by atoms with Crippen LogP contribution in [0.15, 0.2) is 60.7 Å². The van der Waals surface area contributed by atoms with E-state index in [1.807, 2.05) is 6.92 Å². The van der Waals surface area contributed by atoms with Gasteiger partial charge >= 0.3 is 0 Å². The molecule has 1 aliphatic carbocycles. The summed E-state index contributed by atoms with van der Waals surface area (Å²) in [5, 5.41) is 0. The Morgan fingerprint density at radius 3 is 1.85 bits per heavy atom. The molecule has 0 unspecified atom stereocenters. The van der Waals surface area contributed by atoms with Crippen LogP contribution in [0.3, 0.4) is 0 Å². The smallest absolute Gasteiger partial charge is 0.166 e. The maximum absolute atomic E-state index is 15.1. The number of hydrogen-bond donors (Lipinski definition) is 0. The monoisotopic (exact) mass is 466 g/mol. The molecule has 0 atom stereocenters. The topological polar surface area (TPSA) is 0 Å². The molecule has 1 saturated carbocycles. The number of benzene rings is 3. The molecule has 0 heterocycles. The second kappa shape index (κ2) is 10.6. The standard InChI is InChI=1S/C30H30F4/c1-3-4-5-6-20-8-10-21(11-9-20)25-17-18-26(30(34)29(25)33)23-14-12-22(13-15-23)24-16-7-19(2)27(31)28(24)32/h3-4,7,12-18,20-21H,5-6,8-11H2,1-2H3. The van der Waals surface area contributed by atoms with Crippen molar-refractivity contribution in [3.63, 3.8) is 0 Å². The Morgan fingerprint density at radius 1 is 0.706 bits per heavy atom. The van der Waals surface area contributed by atoms with Gasteiger partial charge in [0.15, 0.2) is 23.3 Å². The molecule has 0 saturated heterocycles. The Bertz CT molecular complexity index is 1170. The number of aryl methyl sites for hydroxylation is 1. The van der Waals surface area contributed by atoms with Crippen molar-refractivity contribution >= 4 is 0 Å². The molecule has 0 bridgehead atoms. The molecule has 4 heteroatoms. The molecule has 0 spiro atoms. The molecular weight excluding hydrogens is 436 g/mol. The summed E-state index contributed by atoms with van der Waals surface area (Å²) in [6, 6.07) is 12.8. The Hall–Kier alpha value is -2.88. The Kier molecular flexibility index (Phi) is 7.55. The lowest BCUT2D eigenvalue weighted by Gasteiger charge is -2.29. The van der Waals surface area contributed by atoms with E-state index in [4.69, 9.17) is 0 Å². The molecule has 0 aliphatic heterocycles. The van der Waals surface area contributed by atoms with Gasteiger partial charge in [0, 0.05) is 11.1 Å². The third-order valence-electron chi connectivity index (χ3n) is 7.16. The van der Waals surface area contributed by atoms with E-state index in [1.165, 1.54) is 19.1 Å². The summed E-state index contributed by atoms with van der Waals surface area (Å²) < 4.78 is 58.4. The van der Waals surface area contributed by atoms with Crippen LogP contribution < -0.4 is 0 Å². The fourth-order valence-electron chi connectivity index (χ4n) is 5.06. The van der Waals surface area contributed by atoms with Crippen LogP contribution in [0, 0.1) is 36.1 Å². The molecule has 34 heavy (non-hydrogen) atoms. The van der Waals surface area contributed by atoms with Crippen molar-refractivity contribution in [2.75, 3.05) is 0 Å². The minimum Gasteiger partial charge on any atom is -0.203 e. The van der Waals surface area contributed by atoms with E-state index in [2.05, 4.69) is 12.2 Å². The predicted molar refractivity (Wildman–Crippen MR) is 131 cm³/mol. The fourth-order valence-corrected chi connectivity index (χ4v) is 5.06. The van der Waals surface area contributed by atoms with Gasteiger partial charge in [0.05, 0.1) is 0 Å². The van der Waals surface area contributed by atoms with Crippen LogP contribution in [0.25, 0.3) is 22.3 Å². The first kappa shape index (κ1) is 24.3. The van der Waals surface area contributed by atoms with Crippen LogP contribution >= 0.6 is 0 Å². The Balaban J connectivity index is 1.51. The Morgan fingerprint density at radius 2 is 1.26 bits per heavy atom. The van der Waals surface area contributed by atoms with Crippen molar-refractivity contribution in [2.24, 2.45) is 5.92 Å². The lowest BCUT2D eigenvalue weighted by Crippen LogP contribution is -2.15. The summed E-state index contributed by atoms with van der Waals surface area (Å²) in [4.78, 5) is 0. The van der Waals surface area contributed by atoms with Crippen LogP contribution in [0.2, 0.25) is 0 Å². The van der Waals surface area contributed by atoms with Crippen LogP contribution in [-0.2, 0) is 0 Å². The third kappa shape index (κ3) is 4.96. The fraction of sp³-hybridized carbons (Fsp3) is 0.333. The van der Waals surface area contributed by atoms with Gasteiger partial charge in [-0.25, -0.2) is 17.6 Å². The van der Waals surface area contributed by atoms with Crippen molar-refractivity contribution in [3.8, 4) is 22.3 Å². The summed E-state index contributed by atoms with van der Waals surface area (Å²) in [7, 11) is 0. The second-order valence-corrected chi connectivity index (χ2v) is 9.33. The highest BCUT2D eigenvalue weighted by atomic mass is 19.2. The van der Waals surface area contributed by atoms with Crippen molar-refractivity contribution in [3.05, 3.63) is 95.1 Å². The molecule has 1 fully saturated rings. The molecule has 0 N–H and O–H groups in total. The van der Waals surface area contributed by atoms with Gasteiger partial charge in [-0.15, -0.1) is 0 Å². The first-order chi connectivity index (χ1) is 16.4. The summed E-state index contributed by atoms with van der Waals surface area (Å²) in [6.07, 6.45) is 10.3. The van der Waals surface area contributed by atoms with Gasteiger partial charge in [-0.2, -0.15) is 0 Å². The quantitative estimate of drug-likeness (QED) is 0.251. The number of hydrogen-bond acceptors (Lipinski definition) is 0. The summed E-state index contributed by atoms with van der Waals surface area (Å²) in [5.41, 5.74) is 1.97. The van der Waals surface area contributed by atoms with E-state index in [-0.39, 0.29) is 22.6 Å². The van der Waals surface area contributed by atoms with Crippen LogP contribution in [-0.4, -0.2) is 0 Å². The summed E-state index contributed by atoms with van der Waals surface area (Å²) in [5.74, 6) is -2.71. The molecule has 3 aromatic rings. The molecule has 0 aromatic heterocycles. The van der Waals surface area contributed by atoms with Gasteiger partial charge in [-0.3, -0.25) is 0 Å². The molecule has 0 radical (unpaired) electrons. The highest BCUT2D eigenvalue weighted by molar-refractivity contribution is 5.71. The molecule has 178 valence electrons. The van der Waals surface area contributed by atoms with E-state index in [0.29, 0.717) is 22.6 Å². The molecule has 3 aromatic carbocycles. The largest absolute Gasteiger partial charge is 0.203 e. The van der Waals surface area contributed by atoms with Crippen molar-refractivity contribution in [2.45, 2.75) is 58.3 Å². The molecular formula is C30H30F4. The van der Waals surface area contributed by atoms with E-state index in [9.17, 15) is 8.78 Å². The maximum Gasteiger partial charge on any atom is 0.166 e. The maximum atomic E-state index is 15.1. The van der Waals surface area contributed by atoms with E-state index in [1.54, 1.807) is 36.4 Å². The second-order valence-electron chi connectivity index (χ2n) is 9.33. The van der Waals surface area contributed by atoms with Crippen molar-refractivity contribution in [1.82, 2.24) is 0 Å². The van der Waals surface area contributed by atoms with Gasteiger partial charge in [0.1, 0.15) is 0 Å². The van der Waals surface area contributed by atoms with Crippen molar-refractivity contribution in [1.29, 1.82) is 0 Å². The van der Waals surface area contributed by atoms with Crippen molar-refractivity contribution < 1.29 is 17.6 Å². The Labute approximate surface area is 199 Å². The number of allylic oxidation sites excluding steroid dienone is 2. The van der Waals surface area contributed by atoms with Gasteiger partial charge in [0.25, 0.3) is 0 Å². The number of halogens is 4. The van der Waals surface area contributed by atoms with Gasteiger partial charge < -0.3 is 0 Å². The van der Waals surface area contributed by atoms with Gasteiger partial charge in [-0.1, -0.05) is 60.7 Å². The molecule has 1 aliphatic rings. The highest BCUT2D eigenvalue weighted by Crippen LogP contribution is 2.40. The first-order valence-corrected chi connectivity index (χ1v) is 12.0. The normalized spacial score (nSPS) is 18.5. The summed E-state index contributed by atoms with van der Waals surface area (Å²) in [6.45, 7) is 3.53. The summed E-state index contributed by atoms with van der Waals surface area (Å²) >= 11 is 0. The molecule has 0 amide bonds. The zero-order chi connectivity index (χ0) is 24.2. The zero-order valence-electron chi connectivity index (χ0n) is 19.7. The lowest BCUT2D eigenvalue weighted by molar-refractivity contribution is 0.306. The molecule has 0 nitrogen and oxygen atoms in total. The lowest BCUT2D eigenvalue weighted by atomic mass is 9.77. The van der Waals surface area contributed by atoms with Crippen LogP contribution in [0.4, 0.5) is 17.6 Å². The minimum absolute atomic E-state index is 0.0447. The van der Waals surface area contributed by atoms with Gasteiger partial charge in [-0.05, 0) is 86.5 Å². The SMILES string of the molecule is CC=CCCC1CCC(c2ccc(-c3ccc(-c4ccc(C)c(F)c4F)cc3)c(F)c2F)CC1. The molecule has 4 rings (SSSR count). The predicted octanol–water partition coefficient (Wildman–Crippen LogP) is 9.52. The number of rotatable bonds is 6. The average molecular weight is 467 g/mol. The minimum atomic E-state index is -0.911. The average Bonchev–Trinajstić information content (AvgIpc) is 2.85. The third-order valence-corrected chi connectivity index (χ3v) is 7.16. The first-order valence-electron chi connectivity index (χ1n) is 12.0. The van der Waals surface area contributed by atoms with E-state index < -0.39 is 23.3 Å². The van der Waals surface area contributed by atoms with Gasteiger partial charge in [0.2, 0.25) is 0 Å². The van der Waals surface area contributed by atoms with Crippen LogP contribution in [0.5, 0.6) is 0 Å². The van der Waals surface area contributed by atoms with E-state index >= 15 is 8.78 Å². The van der Waals surface area contributed by atoms with E-state index in [0.717, 1.165) is 38.5 Å². The highest BCUT2D eigenvalue weighted by Gasteiger charge is 2.26.